The van der Waals surface area contributed by atoms with Gasteiger partial charge in [-0.25, -0.2) is 14.6 Å². The van der Waals surface area contributed by atoms with E-state index >= 15 is 0 Å². The number of allylic oxidation sites excluding steroid dienone is 1. The van der Waals surface area contributed by atoms with Gasteiger partial charge in [0, 0.05) is 11.4 Å². The average Bonchev–Trinajstić information content (AvgIpc) is 3.25. The Morgan fingerprint density at radius 3 is 2.31 bits per heavy atom. The van der Waals surface area contributed by atoms with Gasteiger partial charge in [0.2, 0.25) is 0 Å². The zero-order valence-corrected chi connectivity index (χ0v) is 19.9. The molecule has 4 rings (SSSR count). The lowest BCUT2D eigenvalue weighted by atomic mass is 9.81. The van der Waals surface area contributed by atoms with Crippen LogP contribution in [0.25, 0.3) is 0 Å². The van der Waals surface area contributed by atoms with Crippen molar-refractivity contribution in [3.63, 3.8) is 0 Å². The third-order valence-corrected chi connectivity index (χ3v) is 5.86. The largest absolute Gasteiger partial charge is 0.466 e. The molecule has 2 aromatic rings. The number of rotatable bonds is 5. The van der Waals surface area contributed by atoms with Gasteiger partial charge in [-0.3, -0.25) is 9.69 Å². The molecule has 2 aromatic carbocycles. The fraction of sp³-hybridized carbons (Fsp3) is 0.192. The van der Waals surface area contributed by atoms with E-state index in [4.69, 9.17) is 15.2 Å². The number of benzene rings is 2. The van der Waals surface area contributed by atoms with Crippen LogP contribution in [0.3, 0.4) is 0 Å². The molecule has 2 heterocycles. The first-order valence-electron chi connectivity index (χ1n) is 10.9. The number of nitriles is 1. The van der Waals surface area contributed by atoms with Crippen molar-refractivity contribution in [2.24, 2.45) is 10.8 Å². The van der Waals surface area contributed by atoms with Crippen LogP contribution in [-0.2, 0) is 23.9 Å². The second kappa shape index (κ2) is 9.76. The number of nitrogens with two attached hydrogens (primary N) is 1. The van der Waals surface area contributed by atoms with Gasteiger partial charge in [-0.2, -0.15) is 10.4 Å². The summed E-state index contributed by atoms with van der Waals surface area (Å²) in [6.45, 7) is 1.75. The van der Waals surface area contributed by atoms with Crippen molar-refractivity contribution in [2.45, 2.75) is 19.3 Å². The first-order chi connectivity index (χ1) is 17.3. The Kier molecular flexibility index (Phi) is 6.56. The molecule has 1 amide bonds. The fourth-order valence-corrected chi connectivity index (χ4v) is 4.30. The van der Waals surface area contributed by atoms with E-state index in [1.165, 1.54) is 24.1 Å². The van der Waals surface area contributed by atoms with Crippen LogP contribution < -0.4 is 15.6 Å². The third-order valence-electron chi connectivity index (χ3n) is 5.86. The van der Waals surface area contributed by atoms with Crippen molar-refractivity contribution in [1.29, 1.82) is 5.26 Å². The summed E-state index contributed by atoms with van der Waals surface area (Å²) in [7, 11) is 2.36. The number of hydrogen-bond acceptors (Lipinski definition) is 9. The van der Waals surface area contributed by atoms with Gasteiger partial charge in [0.15, 0.2) is 0 Å². The molecule has 10 nitrogen and oxygen atoms in total. The molecule has 2 aliphatic heterocycles. The number of amides is 1. The summed E-state index contributed by atoms with van der Waals surface area (Å²) in [6, 6.07) is 17.4. The maximum absolute atomic E-state index is 13.2. The topological polar surface area (TPSA) is 138 Å². The van der Waals surface area contributed by atoms with Gasteiger partial charge in [-0.05, 0) is 30.7 Å². The fourth-order valence-electron chi connectivity index (χ4n) is 4.30. The summed E-state index contributed by atoms with van der Waals surface area (Å²) >= 11 is 0. The maximum Gasteiger partial charge on any atom is 0.355 e. The second-order valence-corrected chi connectivity index (χ2v) is 8.07. The van der Waals surface area contributed by atoms with Gasteiger partial charge in [0.1, 0.15) is 11.5 Å². The molecule has 10 heteroatoms. The van der Waals surface area contributed by atoms with E-state index in [0.29, 0.717) is 22.6 Å². The molecule has 2 N–H and O–H groups in total. The van der Waals surface area contributed by atoms with Crippen LogP contribution in [0.15, 0.2) is 82.4 Å². The average molecular weight is 486 g/mol. The summed E-state index contributed by atoms with van der Waals surface area (Å²) in [6.07, 6.45) is 0.188. The Morgan fingerprint density at radius 2 is 1.72 bits per heavy atom. The SMILES string of the molecule is COC(=O)C1=C(C(=O)OC)N(c2cccc(N3N=C(C)CC3=O)c2)C(N)=C(C#N)C1c1ccccc1. The van der Waals surface area contributed by atoms with E-state index in [9.17, 15) is 19.6 Å². The summed E-state index contributed by atoms with van der Waals surface area (Å²) in [5.74, 6) is -2.92. The second-order valence-electron chi connectivity index (χ2n) is 8.07. The van der Waals surface area contributed by atoms with Crippen molar-refractivity contribution in [1.82, 2.24) is 0 Å². The first kappa shape index (κ1) is 24.2. The van der Waals surface area contributed by atoms with E-state index in [0.717, 1.165) is 0 Å². The lowest BCUT2D eigenvalue weighted by Crippen LogP contribution is -2.40. The van der Waals surface area contributed by atoms with Crippen LogP contribution in [0, 0.1) is 11.3 Å². The minimum absolute atomic E-state index is 0.0470. The Labute approximate surface area is 207 Å². The molecule has 0 bridgehead atoms. The Morgan fingerprint density at radius 1 is 1.06 bits per heavy atom. The van der Waals surface area contributed by atoms with Crippen molar-refractivity contribution in [3.8, 4) is 6.07 Å². The van der Waals surface area contributed by atoms with E-state index < -0.39 is 17.9 Å². The van der Waals surface area contributed by atoms with Crippen molar-refractivity contribution >= 4 is 34.9 Å². The minimum Gasteiger partial charge on any atom is -0.466 e. The van der Waals surface area contributed by atoms with E-state index in [1.807, 2.05) is 0 Å². The number of hydrazone groups is 1. The number of anilines is 2. The molecular formula is C26H23N5O5. The number of nitrogens with zero attached hydrogens (tertiary/aromatic N) is 4. The number of ether oxygens (including phenoxy) is 2. The van der Waals surface area contributed by atoms with Crippen LogP contribution >= 0.6 is 0 Å². The van der Waals surface area contributed by atoms with Crippen molar-refractivity contribution in [3.05, 3.63) is 82.8 Å². The van der Waals surface area contributed by atoms with Crippen LogP contribution in [0.4, 0.5) is 11.4 Å². The number of hydrogen-bond donors (Lipinski definition) is 1. The standard InChI is InChI=1S/C26H23N5O5/c1-15-12-20(32)31(29-15)18-11-7-10-17(13-18)30-23(26(34)36-3)22(25(33)35-2)21(19(14-27)24(30)28)16-8-5-4-6-9-16/h4-11,13,21H,12,28H2,1-3H3. The Bertz CT molecular complexity index is 1390. The quantitative estimate of drug-likeness (QED) is 0.638. The molecule has 0 aliphatic carbocycles. The predicted octanol–water partition coefficient (Wildman–Crippen LogP) is 2.70. The smallest absolute Gasteiger partial charge is 0.355 e. The molecule has 0 saturated carbocycles. The van der Waals surface area contributed by atoms with E-state index in [2.05, 4.69) is 11.2 Å². The Hall–Kier alpha value is -4.91. The van der Waals surface area contributed by atoms with Crippen molar-refractivity contribution in [2.75, 3.05) is 24.1 Å². The molecular weight excluding hydrogens is 462 g/mol. The van der Waals surface area contributed by atoms with Gasteiger partial charge in [-0.15, -0.1) is 0 Å². The lowest BCUT2D eigenvalue weighted by Gasteiger charge is -2.36. The molecule has 1 unspecified atom stereocenters. The molecule has 1 atom stereocenters. The van der Waals surface area contributed by atoms with Crippen molar-refractivity contribution < 1.29 is 23.9 Å². The molecule has 36 heavy (non-hydrogen) atoms. The third kappa shape index (κ3) is 4.07. The number of carbonyl (C=O) groups excluding carboxylic acids is 3. The van der Waals surface area contributed by atoms with Gasteiger partial charge in [0.25, 0.3) is 5.91 Å². The highest BCUT2D eigenvalue weighted by atomic mass is 16.5. The number of carbonyl (C=O) groups is 3. The summed E-state index contributed by atoms with van der Waals surface area (Å²) in [5, 5.41) is 15.6. The zero-order chi connectivity index (χ0) is 26.0. The zero-order valence-electron chi connectivity index (χ0n) is 19.9. The van der Waals surface area contributed by atoms with Crippen LogP contribution in [0.5, 0.6) is 0 Å². The van der Waals surface area contributed by atoms with E-state index in [1.54, 1.807) is 61.5 Å². The summed E-state index contributed by atoms with van der Waals surface area (Å²) in [4.78, 5) is 40.0. The molecule has 0 aromatic heterocycles. The first-order valence-corrected chi connectivity index (χ1v) is 10.9. The van der Waals surface area contributed by atoms with Gasteiger partial charge >= 0.3 is 11.9 Å². The molecule has 0 radical (unpaired) electrons. The van der Waals surface area contributed by atoms with Gasteiger partial charge < -0.3 is 15.2 Å². The predicted molar refractivity (Wildman–Crippen MR) is 131 cm³/mol. The number of esters is 2. The highest BCUT2D eigenvalue weighted by Crippen LogP contribution is 2.43. The minimum atomic E-state index is -0.968. The van der Waals surface area contributed by atoms with Crippen LogP contribution in [-0.4, -0.2) is 37.8 Å². The molecule has 0 saturated heterocycles. The van der Waals surface area contributed by atoms with Gasteiger partial charge in [0.05, 0.1) is 49.5 Å². The number of methoxy groups -OCH3 is 2. The Balaban J connectivity index is 1.99. The molecule has 2 aliphatic rings. The highest BCUT2D eigenvalue weighted by Gasteiger charge is 2.43. The molecule has 0 fully saturated rings. The summed E-state index contributed by atoms with van der Waals surface area (Å²) < 4.78 is 10.1. The van der Waals surface area contributed by atoms with Gasteiger partial charge in [-0.1, -0.05) is 36.4 Å². The normalized spacial score (nSPS) is 17.7. The molecule has 0 spiro atoms. The lowest BCUT2D eigenvalue weighted by molar-refractivity contribution is -0.139. The molecule has 182 valence electrons. The summed E-state index contributed by atoms with van der Waals surface area (Å²) in [5.41, 5.74) is 8.24. The highest BCUT2D eigenvalue weighted by molar-refractivity contribution is 6.12. The van der Waals surface area contributed by atoms with Crippen LogP contribution in [0.1, 0.15) is 24.8 Å². The monoisotopic (exact) mass is 485 g/mol. The van der Waals surface area contributed by atoms with E-state index in [-0.39, 0.29) is 35.0 Å². The maximum atomic E-state index is 13.2. The van der Waals surface area contributed by atoms with Crippen LogP contribution in [0.2, 0.25) is 0 Å².